The average molecular weight is 1030 g/mol. The summed E-state index contributed by atoms with van der Waals surface area (Å²) in [4.78, 5) is 38.2. The van der Waals surface area contributed by atoms with E-state index in [1.54, 1.807) is 0 Å². The van der Waals surface area contributed by atoms with Gasteiger partial charge >= 0.3 is 17.9 Å². The molecule has 0 spiro atoms. The number of carbonyl (C=O) groups is 3. The van der Waals surface area contributed by atoms with Gasteiger partial charge in [-0.3, -0.25) is 14.4 Å². The van der Waals surface area contributed by atoms with Crippen LogP contribution >= 0.6 is 0 Å². The van der Waals surface area contributed by atoms with Gasteiger partial charge in [0.05, 0.1) is 0 Å². The van der Waals surface area contributed by atoms with E-state index < -0.39 is 6.10 Å². The van der Waals surface area contributed by atoms with Gasteiger partial charge in [-0.1, -0.05) is 265 Å². The standard InChI is InChI=1S/C68H114O6/c1-4-7-10-13-16-19-22-25-27-29-30-31-32-33-34-35-36-37-38-39-41-43-46-49-52-55-58-61-67(70)73-64-65(63-72-66(69)60-57-54-51-48-45-42-24-21-18-15-12-9-6-3)74-68(71)62-59-56-53-50-47-44-40-28-26-23-20-17-14-11-8-5-2/h7,9-10,12,16,18-19,21,25,27-28,30-31,40,42,45,51,54,65H,4-6,8,11,13-15,17,20,22-24,26,29,32-39,41,43-44,46-50,52-53,55-64H2,1-3H3/b10-7-,12-9-,19-16-,21-18-,27-25-,31-30-,40-28-,45-42-,54-51-. The van der Waals surface area contributed by atoms with Gasteiger partial charge in [-0.2, -0.15) is 0 Å². The topological polar surface area (TPSA) is 78.9 Å². The van der Waals surface area contributed by atoms with Crippen LogP contribution in [0.1, 0.15) is 284 Å². The lowest BCUT2D eigenvalue weighted by molar-refractivity contribution is -0.166. The average Bonchev–Trinajstić information content (AvgIpc) is 3.40. The maximum atomic E-state index is 12.9. The zero-order valence-corrected chi connectivity index (χ0v) is 48.3. The van der Waals surface area contributed by atoms with Crippen LogP contribution in [0, 0.1) is 0 Å². The molecule has 0 aromatic rings. The summed E-state index contributed by atoms with van der Waals surface area (Å²) in [6.07, 6.45) is 84.0. The molecular weight excluding hydrogens is 913 g/mol. The van der Waals surface area contributed by atoms with Crippen molar-refractivity contribution >= 4 is 17.9 Å². The minimum atomic E-state index is -0.812. The second-order valence-electron chi connectivity index (χ2n) is 20.2. The fraction of sp³-hybridized carbons (Fsp3) is 0.691. The molecule has 0 aliphatic carbocycles. The van der Waals surface area contributed by atoms with Crippen molar-refractivity contribution in [1.82, 2.24) is 0 Å². The summed E-state index contributed by atoms with van der Waals surface area (Å²) in [5.41, 5.74) is 0. The van der Waals surface area contributed by atoms with Crippen LogP contribution in [-0.4, -0.2) is 37.2 Å². The quantitative estimate of drug-likeness (QED) is 0.0261. The number of rotatable bonds is 55. The first kappa shape index (κ1) is 70.1. The Kier molecular flexibility index (Phi) is 58.3. The maximum Gasteiger partial charge on any atom is 0.306 e. The van der Waals surface area contributed by atoms with Crippen molar-refractivity contribution in [3.63, 3.8) is 0 Å². The Morgan fingerprint density at radius 3 is 0.919 bits per heavy atom. The van der Waals surface area contributed by atoms with Crippen molar-refractivity contribution in [1.29, 1.82) is 0 Å². The smallest absolute Gasteiger partial charge is 0.306 e. The third-order valence-electron chi connectivity index (χ3n) is 13.0. The SMILES string of the molecule is CC/C=C\C/C=C\C/C=C\C/C=C\CCCCCCCCCCCCCCCCC(=O)OCC(COC(=O)CC/C=C\C/C=C\C/C=C\C/C=C\CC)OC(=O)CCCCCCC/C=C\CCCCCCCCC. The minimum absolute atomic E-state index is 0.103. The van der Waals surface area contributed by atoms with Crippen molar-refractivity contribution in [3.05, 3.63) is 109 Å². The largest absolute Gasteiger partial charge is 0.462 e. The van der Waals surface area contributed by atoms with Crippen LogP contribution in [0.25, 0.3) is 0 Å². The van der Waals surface area contributed by atoms with Gasteiger partial charge in [0.2, 0.25) is 0 Å². The molecule has 74 heavy (non-hydrogen) atoms. The number of unbranched alkanes of at least 4 members (excludes halogenated alkanes) is 26. The normalized spacial score (nSPS) is 12.9. The van der Waals surface area contributed by atoms with Gasteiger partial charge in [0.1, 0.15) is 13.2 Å². The third-order valence-corrected chi connectivity index (χ3v) is 13.0. The van der Waals surface area contributed by atoms with Crippen LogP contribution in [0.3, 0.4) is 0 Å². The second-order valence-corrected chi connectivity index (χ2v) is 20.2. The molecule has 0 aliphatic heterocycles. The Hall–Kier alpha value is -3.93. The van der Waals surface area contributed by atoms with E-state index in [0.29, 0.717) is 19.3 Å². The first-order valence-electron chi connectivity index (χ1n) is 30.9. The Labute approximate surface area is 457 Å². The first-order valence-corrected chi connectivity index (χ1v) is 30.9. The molecule has 0 fully saturated rings. The summed E-state index contributed by atoms with van der Waals surface area (Å²) in [6, 6.07) is 0. The molecule has 0 rings (SSSR count). The lowest BCUT2D eigenvalue weighted by Crippen LogP contribution is -2.30. The zero-order chi connectivity index (χ0) is 53.6. The maximum absolute atomic E-state index is 12.9. The Bertz CT molecular complexity index is 1510. The summed E-state index contributed by atoms with van der Waals surface area (Å²) in [5.74, 6) is -0.993. The van der Waals surface area contributed by atoms with Crippen LogP contribution in [0.4, 0.5) is 0 Å². The van der Waals surface area contributed by atoms with Crippen LogP contribution in [0.5, 0.6) is 0 Å². The highest BCUT2D eigenvalue weighted by Crippen LogP contribution is 2.16. The van der Waals surface area contributed by atoms with Gasteiger partial charge < -0.3 is 14.2 Å². The van der Waals surface area contributed by atoms with Crippen molar-refractivity contribution in [2.75, 3.05) is 13.2 Å². The summed E-state index contributed by atoms with van der Waals surface area (Å²) < 4.78 is 16.8. The molecule has 0 saturated carbocycles. The highest BCUT2D eigenvalue weighted by molar-refractivity contribution is 5.71. The molecular formula is C68H114O6. The number of carbonyl (C=O) groups excluding carboxylic acids is 3. The highest BCUT2D eigenvalue weighted by atomic mass is 16.6. The van der Waals surface area contributed by atoms with E-state index in [9.17, 15) is 14.4 Å². The molecule has 0 radical (unpaired) electrons. The summed E-state index contributed by atoms with van der Waals surface area (Å²) >= 11 is 0. The molecule has 1 unspecified atom stereocenters. The summed E-state index contributed by atoms with van der Waals surface area (Å²) in [6.45, 7) is 6.35. The molecule has 6 nitrogen and oxygen atoms in total. The second kappa shape index (κ2) is 61.6. The molecule has 0 aromatic heterocycles. The van der Waals surface area contributed by atoms with Crippen LogP contribution in [-0.2, 0) is 28.6 Å². The van der Waals surface area contributed by atoms with E-state index in [0.717, 1.165) is 103 Å². The minimum Gasteiger partial charge on any atom is -0.462 e. The first-order chi connectivity index (χ1) is 36.5. The summed E-state index contributed by atoms with van der Waals surface area (Å²) in [7, 11) is 0. The van der Waals surface area contributed by atoms with E-state index in [1.807, 2.05) is 6.08 Å². The van der Waals surface area contributed by atoms with Gasteiger partial charge in [-0.05, 0) is 109 Å². The molecule has 0 amide bonds. The number of allylic oxidation sites excluding steroid dienone is 18. The van der Waals surface area contributed by atoms with Gasteiger partial charge in [-0.25, -0.2) is 0 Å². The molecule has 6 heteroatoms. The fourth-order valence-electron chi connectivity index (χ4n) is 8.44. The number of hydrogen-bond acceptors (Lipinski definition) is 6. The molecule has 0 bridgehead atoms. The lowest BCUT2D eigenvalue weighted by Gasteiger charge is -2.18. The van der Waals surface area contributed by atoms with E-state index in [2.05, 4.69) is 124 Å². The molecule has 0 aromatic carbocycles. The molecule has 0 aliphatic rings. The predicted molar refractivity (Wildman–Crippen MR) is 320 cm³/mol. The Morgan fingerprint density at radius 1 is 0.284 bits per heavy atom. The van der Waals surface area contributed by atoms with Gasteiger partial charge in [0.25, 0.3) is 0 Å². The fourth-order valence-corrected chi connectivity index (χ4v) is 8.44. The predicted octanol–water partition coefficient (Wildman–Crippen LogP) is 21.0. The van der Waals surface area contributed by atoms with E-state index in [1.165, 1.54) is 135 Å². The van der Waals surface area contributed by atoms with Crippen molar-refractivity contribution < 1.29 is 28.6 Å². The van der Waals surface area contributed by atoms with Crippen LogP contribution in [0.2, 0.25) is 0 Å². The van der Waals surface area contributed by atoms with Crippen LogP contribution < -0.4 is 0 Å². The van der Waals surface area contributed by atoms with Gasteiger partial charge in [-0.15, -0.1) is 0 Å². The van der Waals surface area contributed by atoms with E-state index >= 15 is 0 Å². The molecule has 0 saturated heterocycles. The Morgan fingerprint density at radius 2 is 0.554 bits per heavy atom. The number of ether oxygens (including phenoxy) is 3. The van der Waals surface area contributed by atoms with E-state index in [4.69, 9.17) is 14.2 Å². The van der Waals surface area contributed by atoms with Crippen molar-refractivity contribution in [2.24, 2.45) is 0 Å². The number of hydrogen-bond donors (Lipinski definition) is 0. The van der Waals surface area contributed by atoms with Gasteiger partial charge in [0.15, 0.2) is 6.10 Å². The summed E-state index contributed by atoms with van der Waals surface area (Å²) in [5, 5.41) is 0. The molecule has 1 atom stereocenters. The third kappa shape index (κ3) is 59.0. The lowest BCUT2D eigenvalue weighted by atomic mass is 10.0. The van der Waals surface area contributed by atoms with E-state index in [-0.39, 0.29) is 37.5 Å². The van der Waals surface area contributed by atoms with Crippen LogP contribution in [0.15, 0.2) is 109 Å². The highest BCUT2D eigenvalue weighted by Gasteiger charge is 2.19. The zero-order valence-electron chi connectivity index (χ0n) is 48.3. The Balaban J connectivity index is 4.31. The monoisotopic (exact) mass is 1030 g/mol. The number of esters is 3. The van der Waals surface area contributed by atoms with Crippen molar-refractivity contribution in [3.8, 4) is 0 Å². The molecule has 0 N–H and O–H groups in total. The molecule has 422 valence electrons. The van der Waals surface area contributed by atoms with Gasteiger partial charge in [0, 0.05) is 19.3 Å². The molecule has 0 heterocycles. The van der Waals surface area contributed by atoms with Crippen molar-refractivity contribution in [2.45, 2.75) is 290 Å².